The third-order valence-electron chi connectivity index (χ3n) is 11.2. The second-order valence-electron chi connectivity index (χ2n) is 16.2. The number of piperidine rings is 1. The van der Waals surface area contributed by atoms with Crippen molar-refractivity contribution in [3.63, 3.8) is 0 Å². The standard InChI is InChI=1S/C46H48F3N11O8/c47-46(48,49)26-54-35-23-28(19-22-52-35)43-56-33(25-68-43)41(64)55-32-24-59(58-38(32)39(50)62)29-15-13-27(14-16-29)40(63)53-21-9-7-5-3-1-2-4-6-8-20-51-31-12-10-11-30-37(31)45(67)60(44(30)66)34-17-18-36(61)57-42(34)65/h10-16,19,22-25,34,51H,1-9,17-18,20-21,26H2,(H2,50,62)(H,52,54)(H,53,63)(H,55,64)(H,57,61,65). The lowest BCUT2D eigenvalue weighted by Crippen LogP contribution is -2.54. The van der Waals surface area contributed by atoms with E-state index in [0.717, 1.165) is 69.0 Å². The second-order valence-corrected chi connectivity index (χ2v) is 16.2. The molecule has 2 aromatic carbocycles. The molecule has 1 unspecified atom stereocenters. The van der Waals surface area contributed by atoms with Crippen LogP contribution >= 0.6 is 0 Å². The van der Waals surface area contributed by atoms with Crippen LogP contribution in [-0.4, -0.2) is 97.9 Å². The van der Waals surface area contributed by atoms with E-state index in [1.165, 1.54) is 29.2 Å². The van der Waals surface area contributed by atoms with Crippen LogP contribution in [0.25, 0.3) is 17.1 Å². The molecule has 22 heteroatoms. The molecular formula is C46H48F3N11O8. The van der Waals surface area contributed by atoms with E-state index in [9.17, 15) is 46.7 Å². The van der Waals surface area contributed by atoms with E-state index < -0.39 is 54.2 Å². The number of alkyl halides is 3. The Bertz CT molecular complexity index is 2700. The summed E-state index contributed by atoms with van der Waals surface area (Å²) in [4.78, 5) is 97.4. The minimum Gasteiger partial charge on any atom is -0.444 e. The van der Waals surface area contributed by atoms with Crippen LogP contribution in [0.5, 0.6) is 0 Å². The molecule has 68 heavy (non-hydrogen) atoms. The van der Waals surface area contributed by atoms with Gasteiger partial charge < -0.3 is 31.4 Å². The molecule has 7 amide bonds. The Labute approximate surface area is 386 Å². The van der Waals surface area contributed by atoms with Gasteiger partial charge in [-0.3, -0.25) is 43.8 Å². The van der Waals surface area contributed by atoms with Crippen LogP contribution < -0.4 is 32.3 Å². The first-order chi connectivity index (χ1) is 32.7. The summed E-state index contributed by atoms with van der Waals surface area (Å²) in [5.74, 6) is -4.23. The Morgan fingerprint density at radius 1 is 0.838 bits per heavy atom. The molecule has 7 rings (SSSR count). The summed E-state index contributed by atoms with van der Waals surface area (Å²) in [5, 5.41) is 17.3. The number of rotatable bonds is 22. The number of pyridine rings is 1. The molecule has 0 saturated carbocycles. The number of amides is 7. The Morgan fingerprint density at radius 3 is 2.24 bits per heavy atom. The van der Waals surface area contributed by atoms with Gasteiger partial charge in [0.1, 0.15) is 24.7 Å². The number of fused-ring (bicyclic) bond motifs is 1. The van der Waals surface area contributed by atoms with Gasteiger partial charge in [-0.1, -0.05) is 51.0 Å². The minimum absolute atomic E-state index is 0.0300. The number of carbonyl (C=O) groups excluding carboxylic acids is 7. The quantitative estimate of drug-likeness (QED) is 0.0344. The number of nitrogens with zero attached hydrogens (tertiary/aromatic N) is 5. The number of nitrogens with one attached hydrogen (secondary N) is 5. The minimum atomic E-state index is -4.46. The number of aromatic nitrogens is 4. The molecule has 2 aliphatic rings. The van der Waals surface area contributed by atoms with Gasteiger partial charge in [0, 0.05) is 42.5 Å². The number of hydrogen-bond acceptors (Lipinski definition) is 13. The van der Waals surface area contributed by atoms with E-state index in [0.29, 0.717) is 30.0 Å². The zero-order valence-electron chi connectivity index (χ0n) is 36.6. The van der Waals surface area contributed by atoms with E-state index >= 15 is 0 Å². The third kappa shape index (κ3) is 11.9. The molecule has 2 aliphatic heterocycles. The molecule has 0 aliphatic carbocycles. The molecule has 0 bridgehead atoms. The highest BCUT2D eigenvalue weighted by molar-refractivity contribution is 6.25. The molecule has 3 aromatic heterocycles. The summed E-state index contributed by atoms with van der Waals surface area (Å²) in [6.45, 7) is -0.176. The Kier molecular flexibility index (Phi) is 15.3. The zero-order valence-corrected chi connectivity index (χ0v) is 36.6. The highest BCUT2D eigenvalue weighted by Crippen LogP contribution is 2.33. The van der Waals surface area contributed by atoms with Crippen molar-refractivity contribution in [2.45, 2.75) is 82.8 Å². The smallest absolute Gasteiger partial charge is 0.405 e. The molecule has 7 N–H and O–H groups in total. The predicted octanol–water partition coefficient (Wildman–Crippen LogP) is 6.00. The number of oxazole rings is 1. The van der Waals surface area contributed by atoms with Crippen molar-refractivity contribution in [3.8, 4) is 17.1 Å². The van der Waals surface area contributed by atoms with Crippen LogP contribution in [0.2, 0.25) is 0 Å². The number of imide groups is 2. The Balaban J connectivity index is 0.772. The highest BCUT2D eigenvalue weighted by Gasteiger charge is 2.45. The normalized spacial score (nSPS) is 14.7. The summed E-state index contributed by atoms with van der Waals surface area (Å²) in [6, 6.07) is 13.2. The van der Waals surface area contributed by atoms with Gasteiger partial charge in [-0.25, -0.2) is 14.6 Å². The Morgan fingerprint density at radius 2 is 1.54 bits per heavy atom. The van der Waals surface area contributed by atoms with Crippen molar-refractivity contribution in [2.75, 3.05) is 35.6 Å². The monoisotopic (exact) mass is 939 g/mol. The highest BCUT2D eigenvalue weighted by atomic mass is 19.4. The van der Waals surface area contributed by atoms with Gasteiger partial charge in [0.15, 0.2) is 11.4 Å². The molecule has 356 valence electrons. The largest absolute Gasteiger partial charge is 0.444 e. The SMILES string of the molecule is NC(=O)c1nn(-c2ccc(C(=O)NCCCCCCCCCCCNc3cccc4c3C(=O)N(C3CCC(=O)NC3=O)C4=O)cc2)cc1NC(=O)c1coc(-c2ccnc(NCC(F)(F)F)c2)n1. The third-order valence-corrected chi connectivity index (χ3v) is 11.2. The molecule has 19 nitrogen and oxygen atoms in total. The predicted molar refractivity (Wildman–Crippen MR) is 240 cm³/mol. The van der Waals surface area contributed by atoms with E-state index in [4.69, 9.17) is 10.2 Å². The summed E-state index contributed by atoms with van der Waals surface area (Å²) < 4.78 is 44.5. The van der Waals surface area contributed by atoms with E-state index in [1.54, 1.807) is 42.5 Å². The van der Waals surface area contributed by atoms with Gasteiger partial charge in [0.05, 0.1) is 28.7 Å². The molecule has 5 aromatic rings. The topological polar surface area (TPSA) is 266 Å². The second kappa shape index (κ2) is 21.6. The van der Waals surface area contributed by atoms with E-state index in [1.807, 2.05) is 0 Å². The first-order valence-corrected chi connectivity index (χ1v) is 22.1. The number of halogens is 3. The fourth-order valence-corrected chi connectivity index (χ4v) is 7.77. The van der Waals surface area contributed by atoms with Crippen molar-refractivity contribution in [2.24, 2.45) is 5.73 Å². The summed E-state index contributed by atoms with van der Waals surface area (Å²) >= 11 is 0. The number of hydrogen-bond donors (Lipinski definition) is 6. The number of anilines is 3. The summed E-state index contributed by atoms with van der Waals surface area (Å²) in [7, 11) is 0. The van der Waals surface area contributed by atoms with E-state index in [-0.39, 0.29) is 64.2 Å². The maximum Gasteiger partial charge on any atom is 0.405 e. The van der Waals surface area contributed by atoms with Crippen LogP contribution in [-0.2, 0) is 9.59 Å². The lowest BCUT2D eigenvalue weighted by Gasteiger charge is -2.27. The van der Waals surface area contributed by atoms with Crippen molar-refractivity contribution in [3.05, 3.63) is 101 Å². The van der Waals surface area contributed by atoms with Crippen molar-refractivity contribution in [1.82, 2.24) is 35.3 Å². The zero-order chi connectivity index (χ0) is 48.4. The first-order valence-electron chi connectivity index (χ1n) is 22.1. The average Bonchev–Trinajstić information content (AvgIpc) is 4.05. The van der Waals surface area contributed by atoms with Crippen molar-refractivity contribution >= 4 is 58.5 Å². The molecule has 0 spiro atoms. The van der Waals surface area contributed by atoms with Crippen LogP contribution in [0, 0.1) is 0 Å². The lowest BCUT2D eigenvalue weighted by atomic mass is 10.0. The summed E-state index contributed by atoms with van der Waals surface area (Å²) in [5.41, 5.74) is 7.24. The van der Waals surface area contributed by atoms with Gasteiger partial charge >= 0.3 is 6.18 Å². The number of nitrogens with two attached hydrogens (primary N) is 1. The average molecular weight is 940 g/mol. The van der Waals surface area contributed by atoms with Gasteiger partial charge in [-0.2, -0.15) is 18.3 Å². The maximum absolute atomic E-state index is 13.3. The number of carbonyl (C=O) groups is 7. The fraction of sp³-hybridized carbons (Fsp3) is 0.348. The van der Waals surface area contributed by atoms with Crippen molar-refractivity contribution < 1.29 is 51.2 Å². The van der Waals surface area contributed by atoms with Crippen LogP contribution in [0.15, 0.2) is 77.7 Å². The molecular weight excluding hydrogens is 892 g/mol. The van der Waals surface area contributed by atoms with Gasteiger partial charge in [-0.05, 0) is 67.8 Å². The van der Waals surface area contributed by atoms with Gasteiger partial charge in [0.2, 0.25) is 17.7 Å². The number of benzene rings is 2. The van der Waals surface area contributed by atoms with Gasteiger partial charge in [0.25, 0.3) is 29.5 Å². The molecule has 5 heterocycles. The van der Waals surface area contributed by atoms with Crippen LogP contribution in [0.3, 0.4) is 0 Å². The molecule has 1 fully saturated rings. The van der Waals surface area contributed by atoms with Crippen LogP contribution in [0.4, 0.5) is 30.4 Å². The maximum atomic E-state index is 13.3. The molecule has 0 radical (unpaired) electrons. The van der Waals surface area contributed by atoms with Crippen LogP contribution in [0.1, 0.15) is 123 Å². The van der Waals surface area contributed by atoms with Crippen molar-refractivity contribution in [1.29, 1.82) is 0 Å². The fourth-order valence-electron chi connectivity index (χ4n) is 7.77. The molecule has 1 atom stereocenters. The molecule has 1 saturated heterocycles. The Hall–Kier alpha value is -7.91. The summed E-state index contributed by atoms with van der Waals surface area (Å²) in [6.07, 6.45) is 8.35. The van der Waals surface area contributed by atoms with Gasteiger partial charge in [-0.15, -0.1) is 0 Å². The lowest BCUT2D eigenvalue weighted by molar-refractivity contribution is -0.136. The number of unbranched alkanes of at least 4 members (excludes halogenated alkanes) is 8. The number of primary amides is 1. The first kappa shape index (κ1) is 48.0. The van der Waals surface area contributed by atoms with E-state index in [2.05, 4.69) is 41.7 Å².